The highest BCUT2D eigenvalue weighted by Gasteiger charge is 1.72. The largest absolute Gasteiger partial charge is 0.192 e. The molecule has 1 nitrogen and oxygen atoms in total. The molecule has 6 heavy (non-hydrogen) atoms. The fraction of sp³-hybridized carbons (Fsp3) is 0. The number of rotatable bonds is 1. The maximum Gasteiger partial charge on any atom is 0.0994 e. The number of thiocarbonyl (C=S) groups is 1. The fourth-order valence-electron chi connectivity index (χ4n) is 0.0264. The van der Waals surface area contributed by atoms with Crippen LogP contribution < -0.4 is 0 Å². The average molecular weight is 97.1 g/mol. The van der Waals surface area contributed by atoms with Gasteiger partial charge in [-0.25, -0.2) is 0 Å². The van der Waals surface area contributed by atoms with Gasteiger partial charge in [0, 0.05) is 5.37 Å². The maximum absolute atomic E-state index is 7.89. The van der Waals surface area contributed by atoms with E-state index in [0.29, 0.717) is 5.57 Å². The lowest BCUT2D eigenvalue weighted by Gasteiger charge is -1.65. The third-order valence-corrected chi connectivity index (χ3v) is 0.570. The third kappa shape index (κ3) is 1.62. The molecule has 0 aromatic rings. The van der Waals surface area contributed by atoms with Crippen LogP contribution in [0.15, 0.2) is 12.2 Å². The molecule has 0 bridgehead atoms. The predicted molar refractivity (Wildman–Crippen MR) is 28.4 cm³/mol. The van der Waals surface area contributed by atoms with E-state index in [9.17, 15) is 0 Å². The van der Waals surface area contributed by atoms with E-state index in [1.165, 1.54) is 5.37 Å². The van der Waals surface area contributed by atoms with Crippen molar-refractivity contribution in [2.75, 3.05) is 0 Å². The first-order chi connectivity index (χ1) is 2.81. The van der Waals surface area contributed by atoms with E-state index in [0.717, 1.165) is 0 Å². The van der Waals surface area contributed by atoms with Crippen molar-refractivity contribution >= 4 is 17.6 Å². The highest BCUT2D eigenvalue weighted by atomic mass is 32.1. The minimum Gasteiger partial charge on any atom is -0.192 e. The van der Waals surface area contributed by atoms with Gasteiger partial charge in [-0.3, -0.25) is 0 Å². The minimum absolute atomic E-state index is 0.338. The van der Waals surface area contributed by atoms with E-state index in [2.05, 4.69) is 18.8 Å². The van der Waals surface area contributed by atoms with Gasteiger partial charge in [0.1, 0.15) is 0 Å². The topological polar surface area (TPSA) is 23.8 Å². The molecule has 2 heteroatoms. The van der Waals surface area contributed by atoms with Crippen molar-refractivity contribution < 1.29 is 0 Å². The number of nitriles is 1. The highest BCUT2D eigenvalue weighted by molar-refractivity contribution is 7.79. The minimum atomic E-state index is 0.338. The molecule has 30 valence electrons. The zero-order valence-corrected chi connectivity index (χ0v) is 3.96. The lowest BCUT2D eigenvalue weighted by atomic mass is 10.4. The van der Waals surface area contributed by atoms with Crippen molar-refractivity contribution in [1.29, 1.82) is 5.26 Å². The Bertz CT molecular complexity index is 109. The second-order valence-electron chi connectivity index (χ2n) is 0.755. The number of hydrogen-bond acceptors (Lipinski definition) is 2. The van der Waals surface area contributed by atoms with E-state index >= 15 is 0 Å². The lowest BCUT2D eigenvalue weighted by molar-refractivity contribution is 1.53. The Morgan fingerprint density at radius 1 is 2.00 bits per heavy atom. The van der Waals surface area contributed by atoms with Gasteiger partial charge >= 0.3 is 0 Å². The SMILES string of the molecule is C=C(C#N)C=S. The molecule has 0 heterocycles. The zero-order valence-electron chi connectivity index (χ0n) is 3.14. The summed E-state index contributed by atoms with van der Waals surface area (Å²) in [4.78, 5) is 0. The first-order valence-corrected chi connectivity index (χ1v) is 1.82. The second kappa shape index (κ2) is 2.55. The molecule has 0 aliphatic rings. The van der Waals surface area contributed by atoms with E-state index in [4.69, 9.17) is 5.26 Å². The molecule has 0 saturated heterocycles. The molecule has 0 aromatic heterocycles. The van der Waals surface area contributed by atoms with Crippen LogP contribution in [0.4, 0.5) is 0 Å². The van der Waals surface area contributed by atoms with Gasteiger partial charge < -0.3 is 0 Å². The van der Waals surface area contributed by atoms with Crippen LogP contribution in [-0.4, -0.2) is 5.37 Å². The first-order valence-electron chi connectivity index (χ1n) is 1.35. The van der Waals surface area contributed by atoms with Gasteiger partial charge in [-0.2, -0.15) is 5.26 Å². The lowest BCUT2D eigenvalue weighted by Crippen LogP contribution is -1.66. The molecule has 0 fully saturated rings. The Morgan fingerprint density at radius 2 is 2.50 bits per heavy atom. The van der Waals surface area contributed by atoms with Crippen molar-refractivity contribution in [3.8, 4) is 6.07 Å². The van der Waals surface area contributed by atoms with E-state index in [1.54, 1.807) is 6.07 Å². The number of nitrogens with zero attached hydrogens (tertiary/aromatic N) is 1. The average Bonchev–Trinajstić information content (AvgIpc) is 1.65. The summed E-state index contributed by atoms with van der Waals surface area (Å²) in [5.74, 6) is 0. The molecule has 0 spiro atoms. The Balaban J connectivity index is 3.63. The zero-order chi connectivity index (χ0) is 4.99. The molecular weight excluding hydrogens is 94.1 g/mol. The summed E-state index contributed by atoms with van der Waals surface area (Å²) in [7, 11) is 0. The van der Waals surface area contributed by atoms with Gasteiger partial charge in [-0.05, 0) is 0 Å². The van der Waals surface area contributed by atoms with Gasteiger partial charge in [0.25, 0.3) is 0 Å². The van der Waals surface area contributed by atoms with Crippen molar-refractivity contribution in [3.05, 3.63) is 12.2 Å². The number of hydrogen-bond donors (Lipinski definition) is 0. The summed E-state index contributed by atoms with van der Waals surface area (Å²) in [6.07, 6.45) is 0. The standard InChI is InChI=1S/C4H3NS/c1-4(2-5)3-6/h3H,1H2. The van der Waals surface area contributed by atoms with Gasteiger partial charge in [0.2, 0.25) is 0 Å². The Kier molecular flexibility index (Phi) is 2.26. The quantitative estimate of drug-likeness (QED) is 0.277. The molecule has 0 radical (unpaired) electrons. The van der Waals surface area contributed by atoms with E-state index < -0.39 is 0 Å². The van der Waals surface area contributed by atoms with Gasteiger partial charge in [0.05, 0.1) is 11.6 Å². The third-order valence-electron chi connectivity index (χ3n) is 0.286. The van der Waals surface area contributed by atoms with Gasteiger partial charge in [0.15, 0.2) is 0 Å². The molecule has 0 aromatic carbocycles. The van der Waals surface area contributed by atoms with Crippen molar-refractivity contribution in [2.45, 2.75) is 0 Å². The molecule has 0 atom stereocenters. The molecule has 0 N–H and O–H groups in total. The van der Waals surface area contributed by atoms with Crippen LogP contribution in [-0.2, 0) is 0 Å². The highest BCUT2D eigenvalue weighted by Crippen LogP contribution is 1.75. The monoisotopic (exact) mass is 97.0 g/mol. The second-order valence-corrected chi connectivity index (χ2v) is 0.991. The number of allylic oxidation sites excluding steroid dienone is 1. The van der Waals surface area contributed by atoms with Crippen LogP contribution in [0.25, 0.3) is 0 Å². The summed E-state index contributed by atoms with van der Waals surface area (Å²) in [6.45, 7) is 3.27. The van der Waals surface area contributed by atoms with Gasteiger partial charge in [-0.15, -0.1) is 0 Å². The smallest absolute Gasteiger partial charge is 0.0994 e. The molecular formula is C4H3NS. The predicted octanol–water partition coefficient (Wildman–Crippen LogP) is 1.07. The molecule has 0 aliphatic carbocycles. The summed E-state index contributed by atoms with van der Waals surface area (Å²) in [6, 6.07) is 1.76. The Morgan fingerprint density at radius 3 is 2.50 bits per heavy atom. The summed E-state index contributed by atoms with van der Waals surface area (Å²) < 4.78 is 0. The van der Waals surface area contributed by atoms with Crippen molar-refractivity contribution in [1.82, 2.24) is 0 Å². The molecule has 0 unspecified atom stereocenters. The summed E-state index contributed by atoms with van der Waals surface area (Å²) >= 11 is 4.33. The molecule has 0 aliphatic heterocycles. The van der Waals surface area contributed by atoms with E-state index in [1.807, 2.05) is 0 Å². The van der Waals surface area contributed by atoms with Crippen LogP contribution in [0, 0.1) is 11.3 Å². The van der Waals surface area contributed by atoms with Crippen LogP contribution in [0.1, 0.15) is 0 Å². The normalized spacial score (nSPS) is 5.83. The molecule has 0 amide bonds. The first kappa shape index (κ1) is 5.32. The fourth-order valence-corrected chi connectivity index (χ4v) is 0.0791. The van der Waals surface area contributed by atoms with Gasteiger partial charge in [-0.1, -0.05) is 18.8 Å². The van der Waals surface area contributed by atoms with Crippen LogP contribution in [0.5, 0.6) is 0 Å². The molecule has 0 rings (SSSR count). The van der Waals surface area contributed by atoms with Crippen LogP contribution >= 0.6 is 12.2 Å². The summed E-state index contributed by atoms with van der Waals surface area (Å²) in [5, 5.41) is 9.14. The Hall–Kier alpha value is -0.680. The Labute approximate surface area is 41.9 Å². The van der Waals surface area contributed by atoms with Crippen LogP contribution in [0.2, 0.25) is 0 Å². The van der Waals surface area contributed by atoms with Crippen molar-refractivity contribution in [3.63, 3.8) is 0 Å². The van der Waals surface area contributed by atoms with Crippen molar-refractivity contribution in [2.24, 2.45) is 0 Å². The molecule has 0 saturated carbocycles. The summed E-state index contributed by atoms with van der Waals surface area (Å²) in [5.41, 5.74) is 0.338. The van der Waals surface area contributed by atoms with Crippen LogP contribution in [0.3, 0.4) is 0 Å². The maximum atomic E-state index is 7.89. The van der Waals surface area contributed by atoms with E-state index in [-0.39, 0.29) is 0 Å².